The Morgan fingerprint density at radius 1 is 1.62 bits per heavy atom. The number of nitrogens with zero attached hydrogens (tertiary/aromatic N) is 1. The molecule has 4 nitrogen and oxygen atoms in total. The van der Waals surface area contributed by atoms with Gasteiger partial charge in [-0.05, 0) is 41.9 Å². The summed E-state index contributed by atoms with van der Waals surface area (Å²) in [6.45, 7) is 4.24. The Hall–Kier alpha value is -0.940. The maximum absolute atomic E-state index is 11.8. The number of aromatic nitrogens is 1. The van der Waals surface area contributed by atoms with Crippen molar-refractivity contribution in [3.8, 4) is 0 Å². The molecule has 88 valence electrons. The van der Waals surface area contributed by atoms with Crippen molar-refractivity contribution in [2.24, 2.45) is 0 Å². The van der Waals surface area contributed by atoms with Crippen LogP contribution in [0.25, 0.3) is 0 Å². The molecule has 0 atom stereocenters. The van der Waals surface area contributed by atoms with E-state index in [9.17, 15) is 4.79 Å². The number of carbonyl (C=O) groups excluding carboxylic acids is 1. The summed E-state index contributed by atoms with van der Waals surface area (Å²) in [5, 5.41) is 2.77. The first kappa shape index (κ1) is 13.1. The molecule has 0 aliphatic rings. The molecule has 1 aromatic heterocycles. The number of hydrogen-bond donors (Lipinski definition) is 1. The number of amides is 1. The van der Waals surface area contributed by atoms with Gasteiger partial charge in [-0.15, -0.1) is 0 Å². The second-order valence-corrected chi connectivity index (χ2v) is 4.83. The Labute approximate surface area is 104 Å². The minimum Gasteiger partial charge on any atom is -0.377 e. The van der Waals surface area contributed by atoms with Crippen LogP contribution >= 0.6 is 15.9 Å². The monoisotopic (exact) mass is 286 g/mol. The van der Waals surface area contributed by atoms with E-state index in [4.69, 9.17) is 4.74 Å². The minimum atomic E-state index is -0.378. The van der Waals surface area contributed by atoms with Crippen LogP contribution < -0.4 is 5.32 Å². The number of nitrogens with one attached hydrogen (secondary N) is 1. The second-order valence-electron chi connectivity index (χ2n) is 3.98. The van der Waals surface area contributed by atoms with E-state index < -0.39 is 0 Å². The molecule has 1 heterocycles. The third-order valence-electron chi connectivity index (χ3n) is 2.20. The third-order valence-corrected chi connectivity index (χ3v) is 2.84. The van der Waals surface area contributed by atoms with Gasteiger partial charge in [0.15, 0.2) is 0 Å². The van der Waals surface area contributed by atoms with E-state index in [-0.39, 0.29) is 11.5 Å². The highest BCUT2D eigenvalue weighted by molar-refractivity contribution is 9.10. The Kier molecular flexibility index (Phi) is 4.44. The summed E-state index contributed by atoms with van der Waals surface area (Å²) in [7, 11) is 1.61. The fourth-order valence-corrected chi connectivity index (χ4v) is 1.44. The summed E-state index contributed by atoms with van der Waals surface area (Å²) in [6, 6.07) is 3.54. The number of rotatable bonds is 4. The van der Waals surface area contributed by atoms with Gasteiger partial charge in [-0.3, -0.25) is 4.79 Å². The Morgan fingerprint density at radius 2 is 2.31 bits per heavy atom. The topological polar surface area (TPSA) is 51.2 Å². The smallest absolute Gasteiger partial charge is 0.271 e. The van der Waals surface area contributed by atoms with E-state index >= 15 is 0 Å². The molecule has 0 saturated carbocycles. The van der Waals surface area contributed by atoms with Gasteiger partial charge in [0.05, 0.1) is 5.60 Å². The van der Waals surface area contributed by atoms with Gasteiger partial charge in [0.1, 0.15) is 5.69 Å². The average Bonchev–Trinajstić information content (AvgIpc) is 2.27. The van der Waals surface area contributed by atoms with Crippen molar-refractivity contribution in [3.05, 3.63) is 28.5 Å². The van der Waals surface area contributed by atoms with Crippen molar-refractivity contribution >= 4 is 21.8 Å². The van der Waals surface area contributed by atoms with E-state index in [2.05, 4.69) is 26.2 Å². The molecular formula is C11H15BrN2O2. The van der Waals surface area contributed by atoms with Crippen LogP contribution in [0.2, 0.25) is 0 Å². The van der Waals surface area contributed by atoms with Crippen molar-refractivity contribution in [2.45, 2.75) is 19.4 Å². The van der Waals surface area contributed by atoms with Crippen LogP contribution in [-0.2, 0) is 4.74 Å². The number of halogens is 1. The van der Waals surface area contributed by atoms with Gasteiger partial charge >= 0.3 is 0 Å². The van der Waals surface area contributed by atoms with Gasteiger partial charge in [-0.25, -0.2) is 4.98 Å². The molecule has 1 aromatic rings. The molecule has 0 saturated heterocycles. The SMILES string of the molecule is COC(C)(C)CNC(=O)c1ncccc1Br. The van der Waals surface area contributed by atoms with E-state index in [0.717, 1.165) is 0 Å². The van der Waals surface area contributed by atoms with E-state index in [1.807, 2.05) is 13.8 Å². The molecule has 0 unspecified atom stereocenters. The van der Waals surface area contributed by atoms with E-state index in [1.165, 1.54) is 0 Å². The highest BCUT2D eigenvalue weighted by atomic mass is 79.9. The molecule has 5 heteroatoms. The van der Waals surface area contributed by atoms with Crippen LogP contribution in [-0.4, -0.2) is 30.1 Å². The van der Waals surface area contributed by atoms with Crippen molar-refractivity contribution in [1.29, 1.82) is 0 Å². The fourth-order valence-electron chi connectivity index (χ4n) is 1.00. The quantitative estimate of drug-likeness (QED) is 0.921. The summed E-state index contributed by atoms with van der Waals surface area (Å²) < 4.78 is 5.89. The lowest BCUT2D eigenvalue weighted by Gasteiger charge is -2.23. The molecule has 1 N–H and O–H groups in total. The number of methoxy groups -OCH3 is 1. The van der Waals surface area contributed by atoms with E-state index in [1.54, 1.807) is 25.4 Å². The number of carbonyl (C=O) groups is 1. The molecule has 0 aromatic carbocycles. The lowest BCUT2D eigenvalue weighted by atomic mass is 10.1. The lowest BCUT2D eigenvalue weighted by Crippen LogP contribution is -2.40. The number of ether oxygens (including phenoxy) is 1. The van der Waals surface area contributed by atoms with Gasteiger partial charge in [0, 0.05) is 24.3 Å². The molecule has 0 bridgehead atoms. The zero-order chi connectivity index (χ0) is 12.2. The zero-order valence-corrected chi connectivity index (χ0v) is 11.2. The maximum Gasteiger partial charge on any atom is 0.271 e. The first-order valence-electron chi connectivity index (χ1n) is 4.90. The Balaban J connectivity index is 2.64. The maximum atomic E-state index is 11.8. The highest BCUT2D eigenvalue weighted by Crippen LogP contribution is 2.13. The van der Waals surface area contributed by atoms with Gasteiger partial charge in [-0.2, -0.15) is 0 Å². The zero-order valence-electron chi connectivity index (χ0n) is 9.58. The second kappa shape index (κ2) is 5.41. The molecule has 1 amide bonds. The minimum absolute atomic E-state index is 0.211. The third kappa shape index (κ3) is 3.57. The summed E-state index contributed by atoms with van der Waals surface area (Å²) in [5.74, 6) is -0.211. The normalized spacial score (nSPS) is 11.2. The highest BCUT2D eigenvalue weighted by Gasteiger charge is 2.19. The van der Waals surface area contributed by atoms with Crippen LogP contribution in [0, 0.1) is 0 Å². The van der Waals surface area contributed by atoms with Gasteiger partial charge in [0.2, 0.25) is 0 Å². The molecule has 0 aliphatic heterocycles. The van der Waals surface area contributed by atoms with Crippen molar-refractivity contribution in [2.75, 3.05) is 13.7 Å². The van der Waals surface area contributed by atoms with Crippen molar-refractivity contribution in [3.63, 3.8) is 0 Å². The molecule has 0 aliphatic carbocycles. The Bertz CT molecular complexity index is 380. The first-order chi connectivity index (χ1) is 7.46. The number of hydrogen-bond acceptors (Lipinski definition) is 3. The largest absolute Gasteiger partial charge is 0.377 e. The van der Waals surface area contributed by atoms with Gasteiger partial charge < -0.3 is 10.1 Å². The predicted molar refractivity (Wildman–Crippen MR) is 65.4 cm³/mol. The molecule has 16 heavy (non-hydrogen) atoms. The van der Waals surface area contributed by atoms with Crippen LogP contribution in [0.15, 0.2) is 22.8 Å². The van der Waals surface area contributed by atoms with E-state index in [0.29, 0.717) is 16.7 Å². The Morgan fingerprint density at radius 3 is 2.88 bits per heavy atom. The van der Waals surface area contributed by atoms with Gasteiger partial charge in [0.25, 0.3) is 5.91 Å². The van der Waals surface area contributed by atoms with Gasteiger partial charge in [-0.1, -0.05) is 0 Å². The first-order valence-corrected chi connectivity index (χ1v) is 5.69. The summed E-state index contributed by atoms with van der Waals surface area (Å²) in [6.07, 6.45) is 1.58. The lowest BCUT2D eigenvalue weighted by molar-refractivity contribution is 0.0228. The predicted octanol–water partition coefficient (Wildman–Crippen LogP) is 2.00. The number of pyridine rings is 1. The molecule has 0 fully saturated rings. The van der Waals surface area contributed by atoms with Crippen LogP contribution in [0.5, 0.6) is 0 Å². The summed E-state index contributed by atoms with van der Waals surface area (Å²) in [5.41, 5.74) is 0.00565. The summed E-state index contributed by atoms with van der Waals surface area (Å²) >= 11 is 3.28. The van der Waals surface area contributed by atoms with Crippen molar-refractivity contribution < 1.29 is 9.53 Å². The van der Waals surface area contributed by atoms with Crippen LogP contribution in [0.4, 0.5) is 0 Å². The molecular weight excluding hydrogens is 272 g/mol. The van der Waals surface area contributed by atoms with Crippen LogP contribution in [0.1, 0.15) is 24.3 Å². The molecule has 1 rings (SSSR count). The average molecular weight is 287 g/mol. The fraction of sp³-hybridized carbons (Fsp3) is 0.455. The molecule has 0 radical (unpaired) electrons. The summed E-state index contributed by atoms with van der Waals surface area (Å²) in [4.78, 5) is 15.8. The molecule has 0 spiro atoms. The van der Waals surface area contributed by atoms with Crippen LogP contribution in [0.3, 0.4) is 0 Å². The standard InChI is InChI=1S/C11H15BrN2O2/c1-11(2,16-3)7-14-10(15)9-8(12)5-4-6-13-9/h4-6H,7H2,1-3H3,(H,14,15). The van der Waals surface area contributed by atoms with Crippen molar-refractivity contribution in [1.82, 2.24) is 10.3 Å².